The Balaban J connectivity index is 2.36. The minimum atomic E-state index is -4.25. The van der Waals surface area contributed by atoms with Crippen LogP contribution in [0.25, 0.3) is 0 Å². The molecule has 14 nitrogen and oxygen atoms in total. The molecule has 0 aromatic heterocycles. The largest absolute Gasteiger partial charge is 0.465 e. The molecule has 0 aromatic rings. The molecule has 240 valence electrons. The van der Waals surface area contributed by atoms with Gasteiger partial charge in [-0.05, 0) is 51.5 Å². The lowest BCUT2D eigenvalue weighted by atomic mass is 9.96. The summed E-state index contributed by atoms with van der Waals surface area (Å²) < 4.78 is 36.6. The summed E-state index contributed by atoms with van der Waals surface area (Å²) in [6.45, 7) is 15.8. The molecule has 0 spiro atoms. The molecule has 0 aliphatic carbocycles. The van der Waals surface area contributed by atoms with Gasteiger partial charge < -0.3 is 39.6 Å². The number of aliphatic hydroxyl groups is 2. The molecule has 2 aliphatic rings. The fraction of sp³-hybridized carbons (Fsp3) is 0.741. The van der Waals surface area contributed by atoms with Crippen LogP contribution < -0.4 is 15.9 Å². The summed E-state index contributed by atoms with van der Waals surface area (Å²) in [6.07, 6.45) is -0.288. The normalized spacial score (nSPS) is 27.1. The van der Waals surface area contributed by atoms with E-state index in [9.17, 15) is 24.4 Å². The average Bonchev–Trinajstić information content (AvgIpc) is 3.10. The number of aliphatic hydroxyl groups excluding tert-OH is 1. The second kappa shape index (κ2) is 15.4. The Hall–Kier alpha value is -2.32. The molecule has 42 heavy (non-hydrogen) atoms. The summed E-state index contributed by atoms with van der Waals surface area (Å²) in [6, 6.07) is -2.08. The topological polar surface area (TPSA) is 194 Å². The van der Waals surface area contributed by atoms with Gasteiger partial charge in [0.2, 0.25) is 0 Å². The second-order valence-corrected chi connectivity index (χ2v) is 13.2. The van der Waals surface area contributed by atoms with E-state index in [4.69, 9.17) is 24.5 Å². The van der Waals surface area contributed by atoms with E-state index in [1.54, 1.807) is 13.8 Å². The Bertz CT molecular complexity index is 1030. The van der Waals surface area contributed by atoms with Crippen LogP contribution in [0.1, 0.15) is 61.3 Å². The number of carbonyl (C=O) groups is 2. The van der Waals surface area contributed by atoms with Crippen molar-refractivity contribution in [1.29, 1.82) is 0 Å². The fourth-order valence-corrected chi connectivity index (χ4v) is 6.43. The average molecular weight is 618 g/mol. The van der Waals surface area contributed by atoms with Gasteiger partial charge in [0, 0.05) is 6.20 Å². The Morgan fingerprint density at radius 3 is 2.07 bits per heavy atom. The number of carbonyl (C=O) groups excluding carboxylic acids is 2. The lowest BCUT2D eigenvalue weighted by molar-refractivity contribution is -0.146. The van der Waals surface area contributed by atoms with E-state index in [1.165, 1.54) is 24.1 Å². The summed E-state index contributed by atoms with van der Waals surface area (Å²) in [5, 5.41) is 27.7. The number of nitrogens with two attached hydrogens (primary N) is 1. The number of nitrogens with zero attached hydrogens (tertiary/aromatic N) is 2. The highest BCUT2D eigenvalue weighted by atomic mass is 31.2. The van der Waals surface area contributed by atoms with Gasteiger partial charge in [-0.25, -0.2) is 15.2 Å². The standard InChI is InChI=1S/C27H48N5O9P/c1-9-38-24(34)19(13-16(3)4)30-42(37,31-20(14-17(5)6)25(35)39-10-2)40-15-21-23(33)27(8,36)26(41-21)32-12-11-22(28)29-18(32)7/h11-12,16-17,19-21,23,26,33,36H,7,9-10,13-15H2,1-6,8H3,(H2,28,29)(H2,30,31,37)/t19?,20?,21-,23+,26-,27?,42?/m1/s1. The fourth-order valence-electron chi connectivity index (χ4n) is 4.61. The van der Waals surface area contributed by atoms with Crippen molar-refractivity contribution in [3.63, 3.8) is 0 Å². The molecule has 15 heteroatoms. The van der Waals surface area contributed by atoms with Crippen LogP contribution in [0.5, 0.6) is 0 Å². The Kier molecular flexibility index (Phi) is 13.2. The van der Waals surface area contributed by atoms with Gasteiger partial charge in [-0.1, -0.05) is 34.3 Å². The van der Waals surface area contributed by atoms with Gasteiger partial charge in [0.1, 0.15) is 41.5 Å². The number of hydrogen-bond donors (Lipinski definition) is 5. The van der Waals surface area contributed by atoms with Gasteiger partial charge >= 0.3 is 19.6 Å². The number of esters is 2. The molecule has 2 aliphatic heterocycles. The minimum Gasteiger partial charge on any atom is -0.465 e. The van der Waals surface area contributed by atoms with Crippen molar-refractivity contribution in [3.05, 3.63) is 24.7 Å². The maximum Gasteiger partial charge on any atom is 0.342 e. The highest BCUT2D eigenvalue weighted by Crippen LogP contribution is 2.43. The number of ether oxygens (including phenoxy) is 3. The zero-order chi connectivity index (χ0) is 31.8. The number of aliphatic imine (C=N–C) groups is 1. The van der Waals surface area contributed by atoms with Crippen LogP contribution in [0.15, 0.2) is 29.7 Å². The minimum absolute atomic E-state index is 0.00936. The van der Waals surface area contributed by atoms with E-state index in [-0.39, 0.29) is 49.5 Å². The molecule has 0 radical (unpaired) electrons. The van der Waals surface area contributed by atoms with Crippen molar-refractivity contribution in [2.24, 2.45) is 22.6 Å². The van der Waals surface area contributed by atoms with E-state index in [1.807, 2.05) is 27.7 Å². The summed E-state index contributed by atoms with van der Waals surface area (Å²) in [5.74, 6) is -0.861. The van der Waals surface area contributed by atoms with Crippen molar-refractivity contribution >= 4 is 25.4 Å². The molecule has 3 unspecified atom stereocenters. The van der Waals surface area contributed by atoms with Crippen molar-refractivity contribution in [2.45, 2.75) is 97.4 Å². The predicted molar refractivity (Wildman–Crippen MR) is 157 cm³/mol. The molecular weight excluding hydrogens is 569 g/mol. The molecule has 0 amide bonds. The zero-order valence-electron chi connectivity index (χ0n) is 25.6. The summed E-state index contributed by atoms with van der Waals surface area (Å²) in [5.41, 5.74) is 3.89. The Morgan fingerprint density at radius 1 is 1.14 bits per heavy atom. The lowest BCUT2D eigenvalue weighted by Crippen LogP contribution is -2.51. The van der Waals surface area contributed by atoms with Crippen LogP contribution in [0.2, 0.25) is 0 Å². The number of hydrogen-bond acceptors (Lipinski definition) is 12. The lowest BCUT2D eigenvalue weighted by Gasteiger charge is -2.35. The number of rotatable bonds is 16. The van der Waals surface area contributed by atoms with Crippen LogP contribution >= 0.6 is 7.67 Å². The van der Waals surface area contributed by atoms with E-state index in [2.05, 4.69) is 21.7 Å². The zero-order valence-corrected chi connectivity index (χ0v) is 26.5. The van der Waals surface area contributed by atoms with Gasteiger partial charge in [-0.15, -0.1) is 0 Å². The first-order valence-electron chi connectivity index (χ1n) is 14.2. The molecule has 0 saturated carbocycles. The summed E-state index contributed by atoms with van der Waals surface area (Å²) in [7, 11) is -4.25. The maximum atomic E-state index is 14.4. The quantitative estimate of drug-likeness (QED) is 0.124. The molecule has 2 heterocycles. The molecule has 0 bridgehead atoms. The van der Waals surface area contributed by atoms with Crippen LogP contribution in [0, 0.1) is 11.8 Å². The highest BCUT2D eigenvalue weighted by molar-refractivity contribution is 7.54. The second-order valence-electron chi connectivity index (χ2n) is 11.3. The first-order valence-corrected chi connectivity index (χ1v) is 15.9. The van der Waals surface area contributed by atoms with Crippen molar-refractivity contribution in [3.8, 4) is 0 Å². The monoisotopic (exact) mass is 617 g/mol. The van der Waals surface area contributed by atoms with Gasteiger partial charge in [0.15, 0.2) is 6.23 Å². The van der Waals surface area contributed by atoms with E-state index < -0.39 is 62.3 Å². The van der Waals surface area contributed by atoms with Crippen molar-refractivity contribution in [2.75, 3.05) is 19.8 Å². The smallest absolute Gasteiger partial charge is 0.342 e. The SMILES string of the molecule is C=C1N=C(N)C=CN1[C@@H]1O[C@H](COP(=O)(NC(CC(C)C)C(=O)OCC)NC(CC(C)C)C(=O)OCC)[C@H](O)C1(C)O. The van der Waals surface area contributed by atoms with Gasteiger partial charge in [0.05, 0.1) is 19.8 Å². The van der Waals surface area contributed by atoms with Crippen LogP contribution in [0.4, 0.5) is 0 Å². The number of nitrogens with one attached hydrogen (secondary N) is 2. The van der Waals surface area contributed by atoms with Crippen LogP contribution in [-0.4, -0.2) is 88.8 Å². The third kappa shape index (κ3) is 9.60. The van der Waals surface area contributed by atoms with E-state index in [0.717, 1.165) is 0 Å². The van der Waals surface area contributed by atoms with E-state index >= 15 is 0 Å². The van der Waals surface area contributed by atoms with E-state index in [0.29, 0.717) is 0 Å². The Morgan fingerprint density at radius 2 is 1.64 bits per heavy atom. The summed E-state index contributed by atoms with van der Waals surface area (Å²) >= 11 is 0. The molecule has 0 aromatic carbocycles. The predicted octanol–water partition coefficient (Wildman–Crippen LogP) is 1.74. The molecule has 6 atom stereocenters. The third-order valence-electron chi connectivity index (χ3n) is 6.60. The third-order valence-corrected chi connectivity index (χ3v) is 8.41. The molecule has 6 N–H and O–H groups in total. The first kappa shape index (κ1) is 35.9. The van der Waals surface area contributed by atoms with Crippen molar-refractivity contribution < 1.29 is 43.1 Å². The van der Waals surface area contributed by atoms with Gasteiger partial charge in [0.25, 0.3) is 0 Å². The maximum absolute atomic E-state index is 14.4. The molecule has 1 fully saturated rings. The van der Waals surface area contributed by atoms with Crippen molar-refractivity contribution in [1.82, 2.24) is 15.1 Å². The first-order chi connectivity index (χ1) is 19.5. The Labute approximate surface area is 248 Å². The van der Waals surface area contributed by atoms with Crippen LogP contribution in [0.3, 0.4) is 0 Å². The van der Waals surface area contributed by atoms with Gasteiger partial charge in [-0.2, -0.15) is 0 Å². The summed E-state index contributed by atoms with van der Waals surface area (Å²) in [4.78, 5) is 31.1. The molecule has 1 saturated heterocycles. The highest BCUT2D eigenvalue weighted by Gasteiger charge is 2.55. The number of amidine groups is 1. The van der Waals surface area contributed by atoms with Gasteiger partial charge in [-0.3, -0.25) is 14.2 Å². The molecule has 2 rings (SSSR count). The van der Waals surface area contributed by atoms with Crippen LogP contribution in [-0.2, 0) is 32.9 Å². The molecular formula is C27H48N5O9P.